The molecule has 7 aromatic rings. The highest BCUT2D eigenvalue weighted by Crippen LogP contribution is 2.50. The average Bonchev–Trinajstić information content (AvgIpc) is 3.18. The molecular weight excluding hydrogens is 696 g/mol. The van der Waals surface area contributed by atoms with Crippen molar-refractivity contribution in [3.8, 4) is 0 Å². The molecule has 0 bridgehead atoms. The van der Waals surface area contributed by atoms with Gasteiger partial charge < -0.3 is 4.55 Å². The summed E-state index contributed by atoms with van der Waals surface area (Å²) in [5, 5.41) is 7.51. The quantitative estimate of drug-likeness (QED) is 0.0962. The third-order valence-corrected chi connectivity index (χ3v) is 17.9. The van der Waals surface area contributed by atoms with Gasteiger partial charge in [-0.05, 0) is 84.9 Å². The summed E-state index contributed by atoms with van der Waals surface area (Å²) in [7, 11) is -9.41. The molecule has 7 aromatic carbocycles. The van der Waals surface area contributed by atoms with E-state index >= 15 is 0 Å². The van der Waals surface area contributed by atoms with E-state index in [-0.39, 0.29) is 9.92 Å². The maximum absolute atomic E-state index is 10.4. The smallest absolute Gasteiger partial charge is 0.301 e. The molecule has 4 nitrogen and oxygen atoms in total. The molecule has 50 heavy (non-hydrogen) atoms. The Morgan fingerprint density at radius 3 is 0.800 bits per heavy atom. The van der Waals surface area contributed by atoms with Gasteiger partial charge in [-0.3, -0.25) is 0 Å². The summed E-state index contributed by atoms with van der Waals surface area (Å²) in [5.41, 5.74) is 0. The molecule has 0 heterocycles. The van der Waals surface area contributed by atoms with E-state index < -0.39 is 24.2 Å². The Morgan fingerprint density at radius 1 is 0.380 bits per heavy atom. The van der Waals surface area contributed by atoms with Crippen molar-refractivity contribution in [3.05, 3.63) is 211 Å². The molecule has 0 radical (unpaired) electrons. The molecule has 7 rings (SSSR count). The van der Waals surface area contributed by atoms with Crippen molar-refractivity contribution in [2.24, 2.45) is 0 Å². The van der Waals surface area contributed by atoms with Gasteiger partial charge in [-0.25, -0.2) is 8.42 Å². The Labute approximate surface area is 299 Å². The normalized spacial score (nSPS) is 11.5. The third-order valence-electron chi connectivity index (χ3n) is 8.15. The Morgan fingerprint density at radius 2 is 0.600 bits per heavy atom. The minimum Gasteiger partial charge on any atom is -0.744 e. The van der Waals surface area contributed by atoms with Gasteiger partial charge in [0.2, 0.25) is 0 Å². The molecular formula is C42H34ClNO3P2S. The molecule has 248 valence electrons. The number of hydrogen-bond acceptors (Lipinski definition) is 3. The first-order valence-electron chi connectivity index (χ1n) is 15.9. The first-order valence-corrected chi connectivity index (χ1v) is 21.2. The Bertz CT molecular complexity index is 2050. The van der Waals surface area contributed by atoms with Crippen molar-refractivity contribution in [1.82, 2.24) is 4.17 Å². The second kappa shape index (κ2) is 15.9. The van der Waals surface area contributed by atoms with Crippen molar-refractivity contribution in [2.75, 3.05) is 0 Å². The van der Waals surface area contributed by atoms with Gasteiger partial charge in [-0.2, -0.15) is 0 Å². The van der Waals surface area contributed by atoms with Crippen LogP contribution in [0.25, 0.3) is 0 Å². The third kappa shape index (κ3) is 7.41. The summed E-state index contributed by atoms with van der Waals surface area (Å²) in [6.07, 6.45) is 0. The van der Waals surface area contributed by atoms with Gasteiger partial charge in [0.15, 0.2) is 0 Å². The van der Waals surface area contributed by atoms with Crippen molar-refractivity contribution >= 4 is 67.7 Å². The maximum atomic E-state index is 10.4. The van der Waals surface area contributed by atoms with Gasteiger partial charge in [0.25, 0.3) is 0 Å². The van der Waals surface area contributed by atoms with Gasteiger partial charge in [-0.15, -0.1) is 4.17 Å². The van der Waals surface area contributed by atoms with Crippen LogP contribution < -0.4 is 36.0 Å². The lowest BCUT2D eigenvalue weighted by Gasteiger charge is -2.20. The fourth-order valence-corrected chi connectivity index (χ4v) is 16.4. The van der Waals surface area contributed by atoms with Crippen LogP contribution in [0, 0.1) is 0 Å². The van der Waals surface area contributed by atoms with Crippen molar-refractivity contribution < 1.29 is 13.0 Å². The molecule has 0 unspecified atom stereocenters. The van der Waals surface area contributed by atoms with E-state index in [1.807, 2.05) is 0 Å². The fourth-order valence-electron chi connectivity index (χ4n) is 5.92. The van der Waals surface area contributed by atoms with Crippen molar-refractivity contribution in [3.63, 3.8) is 0 Å². The minimum absolute atomic E-state index is 0.0394. The number of benzene rings is 7. The van der Waals surface area contributed by atoms with Gasteiger partial charge in [0.05, 0.1) is 41.7 Å². The van der Waals surface area contributed by atoms with Crippen LogP contribution >= 0.6 is 25.7 Å². The zero-order valence-corrected chi connectivity index (χ0v) is 30.3. The molecule has 0 saturated heterocycles. The zero-order chi connectivity index (χ0) is 34.9. The molecule has 0 spiro atoms. The van der Waals surface area contributed by atoms with Gasteiger partial charge in [0.1, 0.15) is 10.1 Å². The first-order chi connectivity index (χ1) is 24.4. The van der Waals surface area contributed by atoms with Crippen LogP contribution in [0.4, 0.5) is 0 Å². The predicted octanol–water partition coefficient (Wildman–Crippen LogP) is 7.65. The molecule has 0 aliphatic heterocycles. The highest BCUT2D eigenvalue weighted by Gasteiger charge is 2.44. The summed E-state index contributed by atoms with van der Waals surface area (Å²) < 4.78 is 37.6. The lowest BCUT2D eigenvalue weighted by atomic mass is 10.4. The zero-order valence-electron chi connectivity index (χ0n) is 27.0. The Hall–Kier alpha value is -4.69. The Kier molecular flexibility index (Phi) is 11.2. The van der Waals surface area contributed by atoms with E-state index in [1.54, 1.807) is 6.07 Å². The van der Waals surface area contributed by atoms with Crippen LogP contribution in [0.2, 0.25) is 5.02 Å². The van der Waals surface area contributed by atoms with Gasteiger partial charge >= 0.3 is 14.1 Å². The second-order valence-electron chi connectivity index (χ2n) is 11.3. The molecule has 0 N–H and O–H groups in total. The maximum Gasteiger partial charge on any atom is 0.301 e. The predicted molar refractivity (Wildman–Crippen MR) is 212 cm³/mol. The molecule has 8 heteroatoms. The molecule has 0 aromatic heterocycles. The monoisotopic (exact) mass is 729 g/mol. The van der Waals surface area contributed by atoms with E-state index in [4.69, 9.17) is 15.8 Å². The molecule has 0 aliphatic rings. The lowest BCUT2D eigenvalue weighted by Crippen LogP contribution is -2.31. The Balaban J connectivity index is 0.000000336. The van der Waals surface area contributed by atoms with E-state index in [0.29, 0.717) is 0 Å². The van der Waals surface area contributed by atoms with Crippen LogP contribution in [0.5, 0.6) is 0 Å². The van der Waals surface area contributed by atoms with Crippen LogP contribution in [0.1, 0.15) is 0 Å². The van der Waals surface area contributed by atoms with Crippen molar-refractivity contribution in [2.45, 2.75) is 4.90 Å². The van der Waals surface area contributed by atoms with Crippen LogP contribution in [0.3, 0.4) is 0 Å². The highest BCUT2D eigenvalue weighted by molar-refractivity contribution is 7.94. The minimum atomic E-state index is -4.42. The lowest BCUT2D eigenvalue weighted by molar-refractivity contribution is 0.463. The standard InChI is InChI=1S/C36H30NP2.C6H5ClO3S/c1-7-19-31(20-8-1)38(32-21-9-2-10-22-32,33-23-11-3-12-24-33)37-39(34-25-13-4-14-26-34,35-27-15-5-16-28-35)36-29-17-6-18-30-36;7-5-3-1-2-4-6(5)11(8,9)10/h1-30H;1-4H,(H,8,9,10)/q+1;/p-1. The highest BCUT2D eigenvalue weighted by atomic mass is 35.5. The first kappa shape index (κ1) is 35.1. The molecule has 0 amide bonds. The number of rotatable bonds is 7. The number of halogens is 1. The molecule has 0 atom stereocenters. The summed E-state index contributed by atoms with van der Waals surface area (Å²) in [6.45, 7) is 0. The average molecular weight is 730 g/mol. The summed E-state index contributed by atoms with van der Waals surface area (Å²) >= 11 is 5.43. The van der Waals surface area contributed by atoms with E-state index in [0.717, 1.165) is 0 Å². The summed E-state index contributed by atoms with van der Waals surface area (Å²) in [5.74, 6) is 0. The van der Waals surface area contributed by atoms with E-state index in [1.165, 1.54) is 50.0 Å². The van der Waals surface area contributed by atoms with E-state index in [9.17, 15) is 13.0 Å². The van der Waals surface area contributed by atoms with Crippen LogP contribution in [0.15, 0.2) is 211 Å². The van der Waals surface area contributed by atoms with Gasteiger partial charge in [-0.1, -0.05) is 133 Å². The summed E-state index contributed by atoms with van der Waals surface area (Å²) in [6, 6.07) is 71.2. The number of nitrogens with zero attached hydrogens (tertiary/aromatic N) is 1. The second-order valence-corrected chi connectivity index (χ2v) is 19.4. The van der Waals surface area contributed by atoms with E-state index in [2.05, 4.69) is 182 Å². The van der Waals surface area contributed by atoms with Crippen LogP contribution in [-0.4, -0.2) is 13.0 Å². The topological polar surface area (TPSA) is 71.3 Å². The molecule has 0 saturated carbocycles. The van der Waals surface area contributed by atoms with Gasteiger partial charge in [0, 0.05) is 0 Å². The fraction of sp³-hybridized carbons (Fsp3) is 0. The molecule has 0 fully saturated rings. The number of hydrogen-bond donors (Lipinski definition) is 0. The SMILES string of the molecule is O=S(=O)([O-])c1ccccc1Cl.c1ccc(P(=[N+]=P(c2ccccc2)(c2ccccc2)c2ccccc2)(c2ccccc2)c2ccccc2)cc1. The van der Waals surface area contributed by atoms with Crippen LogP contribution in [-0.2, 0) is 10.1 Å². The molecule has 0 aliphatic carbocycles. The summed E-state index contributed by atoms with van der Waals surface area (Å²) in [4.78, 5) is -0.373. The van der Waals surface area contributed by atoms with Crippen molar-refractivity contribution in [1.29, 1.82) is 0 Å². The largest absolute Gasteiger partial charge is 0.744 e.